The summed E-state index contributed by atoms with van der Waals surface area (Å²) in [5, 5.41) is 3.51. The number of hydrogen-bond donors (Lipinski definition) is 1. The number of piperidine rings is 1. The van der Waals surface area contributed by atoms with E-state index < -0.39 is 5.54 Å². The second-order valence-corrected chi connectivity index (χ2v) is 7.94. The molecule has 1 atom stereocenters. The molecule has 2 fully saturated rings. The minimum Gasteiger partial charge on any atom is -0.368 e. The second-order valence-electron chi connectivity index (χ2n) is 7.94. The van der Waals surface area contributed by atoms with Gasteiger partial charge in [0, 0.05) is 24.8 Å². The van der Waals surface area contributed by atoms with E-state index in [9.17, 15) is 4.79 Å². The molecule has 4 rings (SSSR count). The van der Waals surface area contributed by atoms with Crippen LogP contribution < -0.4 is 5.32 Å². The number of rotatable bonds is 5. The lowest BCUT2D eigenvalue weighted by molar-refractivity contribution is -0.143. The van der Waals surface area contributed by atoms with E-state index in [0.717, 1.165) is 24.3 Å². The molecule has 1 N–H and O–H groups in total. The molecule has 0 saturated carbocycles. The standard InChI is InChI=1S/C23H29N3O/c1-23(19-11-5-2-6-12-19,24-20-13-7-3-8-14-20)22(27)26-17-21(18-26)25-15-9-4-10-16-25/h2-3,5-8,11-14,21,24H,4,9-10,15-18H2,1H3. The van der Waals surface area contributed by atoms with Gasteiger partial charge in [-0.15, -0.1) is 0 Å². The number of nitrogens with one attached hydrogen (secondary N) is 1. The average molecular weight is 364 g/mol. The Balaban J connectivity index is 1.51. The van der Waals surface area contributed by atoms with Gasteiger partial charge in [-0.3, -0.25) is 9.69 Å². The van der Waals surface area contributed by atoms with E-state index >= 15 is 0 Å². The van der Waals surface area contributed by atoms with Crippen LogP contribution in [0.3, 0.4) is 0 Å². The molecule has 0 radical (unpaired) electrons. The highest BCUT2D eigenvalue weighted by molar-refractivity contribution is 5.91. The summed E-state index contributed by atoms with van der Waals surface area (Å²) < 4.78 is 0. The molecular formula is C23H29N3O. The zero-order valence-electron chi connectivity index (χ0n) is 16.1. The number of carbonyl (C=O) groups is 1. The molecule has 4 heteroatoms. The summed E-state index contributed by atoms with van der Waals surface area (Å²) in [5.74, 6) is 0.158. The van der Waals surface area contributed by atoms with Crippen molar-refractivity contribution >= 4 is 11.6 Å². The van der Waals surface area contributed by atoms with Gasteiger partial charge >= 0.3 is 0 Å². The number of likely N-dealkylation sites (tertiary alicyclic amines) is 2. The molecule has 2 heterocycles. The van der Waals surface area contributed by atoms with Crippen molar-refractivity contribution in [2.75, 3.05) is 31.5 Å². The Morgan fingerprint density at radius 1 is 0.926 bits per heavy atom. The summed E-state index contributed by atoms with van der Waals surface area (Å²) in [4.78, 5) is 18.1. The zero-order valence-corrected chi connectivity index (χ0v) is 16.1. The first-order chi connectivity index (χ1) is 13.2. The smallest absolute Gasteiger partial charge is 0.252 e. The fraction of sp³-hybridized carbons (Fsp3) is 0.435. The highest BCUT2D eigenvalue weighted by atomic mass is 16.2. The number of hydrogen-bond acceptors (Lipinski definition) is 3. The van der Waals surface area contributed by atoms with Gasteiger partial charge in [-0.1, -0.05) is 55.0 Å². The molecule has 0 spiro atoms. The Hall–Kier alpha value is -2.33. The summed E-state index contributed by atoms with van der Waals surface area (Å²) in [6.45, 7) is 6.07. The first-order valence-corrected chi connectivity index (χ1v) is 10.1. The third-order valence-corrected chi connectivity index (χ3v) is 6.00. The van der Waals surface area contributed by atoms with Crippen LogP contribution in [-0.4, -0.2) is 47.9 Å². The molecule has 2 aromatic carbocycles. The van der Waals surface area contributed by atoms with Crippen molar-refractivity contribution in [3.05, 3.63) is 66.2 Å². The van der Waals surface area contributed by atoms with Crippen molar-refractivity contribution in [1.82, 2.24) is 9.80 Å². The molecule has 2 aliphatic rings. The predicted molar refractivity (Wildman–Crippen MR) is 110 cm³/mol. The number of nitrogens with zero attached hydrogens (tertiary/aromatic N) is 2. The van der Waals surface area contributed by atoms with Crippen LogP contribution in [0.2, 0.25) is 0 Å². The van der Waals surface area contributed by atoms with Gasteiger partial charge in [0.2, 0.25) is 0 Å². The Morgan fingerprint density at radius 3 is 2.15 bits per heavy atom. The van der Waals surface area contributed by atoms with Gasteiger partial charge in [-0.2, -0.15) is 0 Å². The van der Waals surface area contributed by atoms with Crippen molar-refractivity contribution in [1.29, 1.82) is 0 Å². The topological polar surface area (TPSA) is 35.6 Å². The van der Waals surface area contributed by atoms with E-state index in [0.29, 0.717) is 6.04 Å². The zero-order chi connectivity index (χ0) is 18.7. The molecule has 1 amide bonds. The summed E-state index contributed by atoms with van der Waals surface area (Å²) in [6, 6.07) is 20.6. The number of benzene rings is 2. The van der Waals surface area contributed by atoms with Gasteiger partial charge in [0.15, 0.2) is 0 Å². The molecule has 4 nitrogen and oxygen atoms in total. The summed E-state index contributed by atoms with van der Waals surface area (Å²) >= 11 is 0. The van der Waals surface area contributed by atoms with Crippen molar-refractivity contribution in [2.24, 2.45) is 0 Å². The summed E-state index contributed by atoms with van der Waals surface area (Å²) in [5.41, 5.74) is 1.20. The van der Waals surface area contributed by atoms with Gasteiger partial charge in [-0.25, -0.2) is 0 Å². The molecule has 2 aliphatic heterocycles. The molecule has 0 aliphatic carbocycles. The van der Waals surface area contributed by atoms with Crippen molar-refractivity contribution in [3.8, 4) is 0 Å². The number of para-hydroxylation sites is 1. The molecule has 27 heavy (non-hydrogen) atoms. The van der Waals surface area contributed by atoms with Crippen LogP contribution in [0.15, 0.2) is 60.7 Å². The van der Waals surface area contributed by atoms with Crippen molar-refractivity contribution in [3.63, 3.8) is 0 Å². The highest BCUT2D eigenvalue weighted by Crippen LogP contribution is 2.31. The van der Waals surface area contributed by atoms with E-state index in [1.165, 1.54) is 32.4 Å². The van der Waals surface area contributed by atoms with E-state index in [2.05, 4.69) is 10.2 Å². The lowest BCUT2D eigenvalue weighted by atomic mass is 9.88. The van der Waals surface area contributed by atoms with E-state index in [-0.39, 0.29) is 5.91 Å². The fourth-order valence-corrected chi connectivity index (χ4v) is 4.28. The van der Waals surface area contributed by atoms with Crippen LogP contribution in [0, 0.1) is 0 Å². The van der Waals surface area contributed by atoms with Crippen LogP contribution >= 0.6 is 0 Å². The van der Waals surface area contributed by atoms with Crippen LogP contribution in [-0.2, 0) is 10.3 Å². The molecule has 2 saturated heterocycles. The third kappa shape index (κ3) is 3.72. The minimum absolute atomic E-state index is 0.158. The average Bonchev–Trinajstić information content (AvgIpc) is 2.69. The first kappa shape index (κ1) is 18.1. The lowest BCUT2D eigenvalue weighted by Gasteiger charge is -2.49. The van der Waals surface area contributed by atoms with Crippen LogP contribution in [0.5, 0.6) is 0 Å². The minimum atomic E-state index is -0.768. The maximum absolute atomic E-state index is 13.5. The summed E-state index contributed by atoms with van der Waals surface area (Å²) in [7, 11) is 0. The van der Waals surface area contributed by atoms with Gasteiger partial charge in [-0.05, 0) is 50.6 Å². The van der Waals surface area contributed by atoms with E-state index in [1.54, 1.807) is 0 Å². The Labute approximate surface area is 162 Å². The van der Waals surface area contributed by atoms with Crippen LogP contribution in [0.4, 0.5) is 5.69 Å². The van der Waals surface area contributed by atoms with Gasteiger partial charge < -0.3 is 10.2 Å². The summed E-state index contributed by atoms with van der Waals surface area (Å²) in [6.07, 6.45) is 3.93. The lowest BCUT2D eigenvalue weighted by Crippen LogP contribution is -2.65. The van der Waals surface area contributed by atoms with Gasteiger partial charge in [0.05, 0.1) is 0 Å². The first-order valence-electron chi connectivity index (χ1n) is 10.1. The predicted octanol–water partition coefficient (Wildman–Crippen LogP) is 3.71. The molecule has 0 bridgehead atoms. The van der Waals surface area contributed by atoms with Gasteiger partial charge in [0.25, 0.3) is 5.91 Å². The Morgan fingerprint density at radius 2 is 1.52 bits per heavy atom. The van der Waals surface area contributed by atoms with Crippen molar-refractivity contribution in [2.45, 2.75) is 37.8 Å². The quantitative estimate of drug-likeness (QED) is 0.880. The number of anilines is 1. The highest BCUT2D eigenvalue weighted by Gasteiger charge is 2.44. The molecule has 1 unspecified atom stereocenters. The maximum Gasteiger partial charge on any atom is 0.252 e. The Kier molecular flexibility index (Phi) is 5.17. The molecule has 142 valence electrons. The van der Waals surface area contributed by atoms with E-state index in [4.69, 9.17) is 0 Å². The number of amides is 1. The largest absolute Gasteiger partial charge is 0.368 e. The number of carbonyl (C=O) groups excluding carboxylic acids is 1. The monoisotopic (exact) mass is 363 g/mol. The van der Waals surface area contributed by atoms with Crippen LogP contribution in [0.25, 0.3) is 0 Å². The second kappa shape index (κ2) is 7.73. The van der Waals surface area contributed by atoms with Crippen LogP contribution in [0.1, 0.15) is 31.7 Å². The molecule has 2 aromatic rings. The maximum atomic E-state index is 13.5. The normalized spacial score (nSPS) is 20.6. The Bertz CT molecular complexity index is 752. The fourth-order valence-electron chi connectivity index (χ4n) is 4.28. The molecular weight excluding hydrogens is 334 g/mol. The van der Waals surface area contributed by atoms with Crippen molar-refractivity contribution < 1.29 is 4.79 Å². The third-order valence-electron chi connectivity index (χ3n) is 6.00. The van der Waals surface area contributed by atoms with E-state index in [1.807, 2.05) is 72.5 Å². The van der Waals surface area contributed by atoms with Gasteiger partial charge in [0.1, 0.15) is 5.54 Å². The molecule has 0 aromatic heterocycles. The SMILES string of the molecule is CC(Nc1ccccc1)(C(=O)N1CC(N2CCCCC2)C1)c1ccccc1.